The van der Waals surface area contributed by atoms with Gasteiger partial charge in [-0.1, -0.05) is 12.1 Å². The Morgan fingerprint density at radius 1 is 1.44 bits per heavy atom. The molecule has 4 nitrogen and oxygen atoms in total. The van der Waals surface area contributed by atoms with Crippen molar-refractivity contribution in [1.82, 2.24) is 0 Å². The second-order valence-electron chi connectivity index (χ2n) is 4.08. The van der Waals surface area contributed by atoms with Crippen molar-refractivity contribution in [2.24, 2.45) is 5.73 Å². The van der Waals surface area contributed by atoms with Crippen LogP contribution in [-0.4, -0.2) is 17.6 Å². The van der Waals surface area contributed by atoms with Crippen LogP contribution in [0.3, 0.4) is 0 Å². The first-order chi connectivity index (χ1) is 7.70. The SMILES string of the molecule is NC(CCO)c1ccc2c(c1)CCC(=O)N2. The summed E-state index contributed by atoms with van der Waals surface area (Å²) in [5.41, 5.74) is 8.95. The van der Waals surface area contributed by atoms with Gasteiger partial charge in [-0.05, 0) is 30.0 Å². The number of amides is 1. The fourth-order valence-electron chi connectivity index (χ4n) is 1.94. The van der Waals surface area contributed by atoms with E-state index in [1.807, 2.05) is 18.2 Å². The van der Waals surface area contributed by atoms with Gasteiger partial charge in [-0.3, -0.25) is 4.79 Å². The summed E-state index contributed by atoms with van der Waals surface area (Å²) >= 11 is 0. The molecule has 1 heterocycles. The molecule has 1 aromatic carbocycles. The molecule has 0 saturated heterocycles. The molecule has 1 aromatic rings. The van der Waals surface area contributed by atoms with E-state index in [1.54, 1.807) is 0 Å². The van der Waals surface area contributed by atoms with E-state index in [1.165, 1.54) is 0 Å². The molecule has 0 fully saturated rings. The topological polar surface area (TPSA) is 75.3 Å². The lowest BCUT2D eigenvalue weighted by Crippen LogP contribution is -2.20. The number of nitrogens with one attached hydrogen (secondary N) is 1. The summed E-state index contributed by atoms with van der Waals surface area (Å²) in [6.45, 7) is 0.0922. The van der Waals surface area contributed by atoms with Crippen molar-refractivity contribution >= 4 is 11.6 Å². The van der Waals surface area contributed by atoms with E-state index in [9.17, 15) is 4.79 Å². The lowest BCUT2D eigenvalue weighted by molar-refractivity contribution is -0.116. The first-order valence-electron chi connectivity index (χ1n) is 5.50. The molecule has 1 atom stereocenters. The molecule has 1 aliphatic rings. The number of aliphatic hydroxyl groups is 1. The van der Waals surface area contributed by atoms with Crippen molar-refractivity contribution < 1.29 is 9.90 Å². The van der Waals surface area contributed by atoms with Crippen molar-refractivity contribution in [2.45, 2.75) is 25.3 Å². The summed E-state index contributed by atoms with van der Waals surface area (Å²) < 4.78 is 0. The van der Waals surface area contributed by atoms with E-state index in [4.69, 9.17) is 10.8 Å². The van der Waals surface area contributed by atoms with Gasteiger partial charge in [-0.15, -0.1) is 0 Å². The number of hydrogen-bond donors (Lipinski definition) is 3. The molecule has 0 aliphatic carbocycles. The van der Waals surface area contributed by atoms with Crippen LogP contribution in [0.1, 0.15) is 30.0 Å². The van der Waals surface area contributed by atoms with Crippen molar-refractivity contribution in [3.05, 3.63) is 29.3 Å². The highest BCUT2D eigenvalue weighted by Crippen LogP contribution is 2.26. The van der Waals surface area contributed by atoms with Gasteiger partial charge in [0, 0.05) is 24.8 Å². The van der Waals surface area contributed by atoms with Crippen LogP contribution in [0.5, 0.6) is 0 Å². The molecule has 0 radical (unpaired) electrons. The van der Waals surface area contributed by atoms with E-state index in [-0.39, 0.29) is 18.6 Å². The largest absolute Gasteiger partial charge is 0.396 e. The first-order valence-corrected chi connectivity index (χ1v) is 5.50. The van der Waals surface area contributed by atoms with Crippen molar-refractivity contribution in [1.29, 1.82) is 0 Å². The van der Waals surface area contributed by atoms with Crippen molar-refractivity contribution in [3.8, 4) is 0 Å². The second-order valence-corrected chi connectivity index (χ2v) is 4.08. The standard InChI is InChI=1S/C12H16N2O2/c13-10(5-6-15)8-1-3-11-9(7-8)2-4-12(16)14-11/h1,3,7,10,15H,2,4-6,13H2,(H,14,16). The molecule has 1 amide bonds. The van der Waals surface area contributed by atoms with Gasteiger partial charge in [0.25, 0.3) is 0 Å². The zero-order valence-electron chi connectivity index (χ0n) is 9.07. The Morgan fingerprint density at radius 2 is 2.25 bits per heavy atom. The van der Waals surface area contributed by atoms with Crippen molar-refractivity contribution in [3.63, 3.8) is 0 Å². The fourth-order valence-corrected chi connectivity index (χ4v) is 1.94. The van der Waals surface area contributed by atoms with Gasteiger partial charge in [0.05, 0.1) is 0 Å². The number of benzene rings is 1. The molecule has 0 aromatic heterocycles. The van der Waals surface area contributed by atoms with Gasteiger partial charge in [-0.25, -0.2) is 0 Å². The molecule has 1 aliphatic heterocycles. The number of rotatable bonds is 3. The van der Waals surface area contributed by atoms with Crippen LogP contribution in [0, 0.1) is 0 Å². The molecule has 86 valence electrons. The van der Waals surface area contributed by atoms with E-state index >= 15 is 0 Å². The van der Waals surface area contributed by atoms with E-state index < -0.39 is 0 Å². The van der Waals surface area contributed by atoms with Crippen LogP contribution < -0.4 is 11.1 Å². The predicted molar refractivity (Wildman–Crippen MR) is 62.0 cm³/mol. The van der Waals surface area contributed by atoms with E-state index in [0.29, 0.717) is 12.8 Å². The molecule has 2 rings (SSSR count). The smallest absolute Gasteiger partial charge is 0.224 e. The van der Waals surface area contributed by atoms with Gasteiger partial charge in [0.1, 0.15) is 0 Å². The highest BCUT2D eigenvalue weighted by atomic mass is 16.3. The number of nitrogens with two attached hydrogens (primary N) is 1. The average molecular weight is 220 g/mol. The van der Waals surface area contributed by atoms with Crippen LogP contribution >= 0.6 is 0 Å². The normalized spacial score (nSPS) is 16.5. The minimum atomic E-state index is -0.132. The lowest BCUT2D eigenvalue weighted by Gasteiger charge is -2.19. The Labute approximate surface area is 94.5 Å². The average Bonchev–Trinajstić information content (AvgIpc) is 2.28. The third-order valence-corrected chi connectivity index (χ3v) is 2.89. The van der Waals surface area contributed by atoms with Gasteiger partial charge >= 0.3 is 0 Å². The highest BCUT2D eigenvalue weighted by Gasteiger charge is 2.16. The molecular weight excluding hydrogens is 204 g/mol. The monoisotopic (exact) mass is 220 g/mol. The summed E-state index contributed by atoms with van der Waals surface area (Å²) in [4.78, 5) is 11.2. The van der Waals surface area contributed by atoms with Crippen LogP contribution in [-0.2, 0) is 11.2 Å². The molecule has 0 bridgehead atoms. The third-order valence-electron chi connectivity index (χ3n) is 2.89. The molecule has 16 heavy (non-hydrogen) atoms. The summed E-state index contributed by atoms with van der Waals surface area (Å²) in [6, 6.07) is 5.69. The van der Waals surface area contributed by atoms with Gasteiger partial charge in [-0.2, -0.15) is 0 Å². The van der Waals surface area contributed by atoms with Crippen LogP contribution in [0.4, 0.5) is 5.69 Å². The predicted octanol–water partition coefficient (Wildman–Crippen LogP) is 0.954. The van der Waals surface area contributed by atoms with E-state index in [0.717, 1.165) is 23.2 Å². The minimum absolute atomic E-state index is 0.0694. The number of anilines is 1. The Bertz CT molecular complexity index is 404. The van der Waals surface area contributed by atoms with E-state index in [2.05, 4.69) is 5.32 Å². The number of carbonyl (C=O) groups excluding carboxylic acids is 1. The maximum absolute atomic E-state index is 11.2. The summed E-state index contributed by atoms with van der Waals surface area (Å²) in [5.74, 6) is 0.0694. The quantitative estimate of drug-likeness (QED) is 0.710. The summed E-state index contributed by atoms with van der Waals surface area (Å²) in [5, 5.41) is 11.7. The molecule has 4 N–H and O–H groups in total. The number of aliphatic hydroxyl groups excluding tert-OH is 1. The fraction of sp³-hybridized carbons (Fsp3) is 0.417. The van der Waals surface area contributed by atoms with Crippen LogP contribution in [0.15, 0.2) is 18.2 Å². The first kappa shape index (κ1) is 11.1. The van der Waals surface area contributed by atoms with Crippen molar-refractivity contribution in [2.75, 3.05) is 11.9 Å². The number of fused-ring (bicyclic) bond motifs is 1. The molecule has 0 saturated carbocycles. The zero-order valence-corrected chi connectivity index (χ0v) is 9.07. The highest BCUT2D eigenvalue weighted by molar-refractivity contribution is 5.93. The number of hydrogen-bond acceptors (Lipinski definition) is 3. The van der Waals surface area contributed by atoms with Gasteiger partial charge in [0.15, 0.2) is 0 Å². The van der Waals surface area contributed by atoms with Gasteiger partial charge < -0.3 is 16.2 Å². The molecular formula is C12H16N2O2. The summed E-state index contributed by atoms with van der Waals surface area (Å²) in [6.07, 6.45) is 1.86. The zero-order chi connectivity index (χ0) is 11.5. The Kier molecular flexibility index (Phi) is 3.22. The maximum Gasteiger partial charge on any atom is 0.224 e. The molecule has 1 unspecified atom stereocenters. The summed E-state index contributed by atoms with van der Waals surface area (Å²) in [7, 11) is 0. The number of carbonyl (C=O) groups is 1. The number of aryl methyl sites for hydroxylation is 1. The van der Waals surface area contributed by atoms with Gasteiger partial charge in [0.2, 0.25) is 5.91 Å². The maximum atomic E-state index is 11.2. The Balaban J connectivity index is 2.22. The molecule has 0 spiro atoms. The van der Waals surface area contributed by atoms with Crippen LogP contribution in [0.2, 0.25) is 0 Å². The third kappa shape index (κ3) is 2.23. The molecule has 4 heteroatoms. The Morgan fingerprint density at radius 3 is 3.00 bits per heavy atom. The lowest BCUT2D eigenvalue weighted by atomic mass is 9.96. The minimum Gasteiger partial charge on any atom is -0.396 e. The second kappa shape index (κ2) is 4.63. The Hall–Kier alpha value is -1.39. The van der Waals surface area contributed by atoms with Crippen LogP contribution in [0.25, 0.3) is 0 Å².